The summed E-state index contributed by atoms with van der Waals surface area (Å²) in [6.07, 6.45) is 0.0878. The average molecular weight is 298 g/mol. The maximum absolute atomic E-state index is 13.3. The standard InChI is InChI=1S/C14H10Cl2FNO/c15-10-5-4-8(6-11(10)16)7-13(19)9-2-1-3-12(17)14(9)18/h1-6H,7,18H2. The molecule has 5 heteroatoms. The molecular formula is C14H10Cl2FNO. The third-order valence-electron chi connectivity index (χ3n) is 2.70. The van der Waals surface area contributed by atoms with E-state index in [2.05, 4.69) is 0 Å². The molecule has 2 aromatic carbocycles. The van der Waals surface area contributed by atoms with Crippen molar-refractivity contribution in [1.29, 1.82) is 0 Å². The molecule has 0 bridgehead atoms. The Bertz CT molecular complexity index is 643. The summed E-state index contributed by atoms with van der Waals surface area (Å²) in [7, 11) is 0. The van der Waals surface area contributed by atoms with Gasteiger partial charge in [-0.25, -0.2) is 4.39 Å². The van der Waals surface area contributed by atoms with E-state index in [1.807, 2.05) is 0 Å². The highest BCUT2D eigenvalue weighted by Crippen LogP contribution is 2.24. The number of halogens is 3. The van der Waals surface area contributed by atoms with Gasteiger partial charge in [0, 0.05) is 12.0 Å². The number of carbonyl (C=O) groups excluding carboxylic acids is 1. The van der Waals surface area contributed by atoms with E-state index in [9.17, 15) is 9.18 Å². The van der Waals surface area contributed by atoms with Crippen molar-refractivity contribution >= 4 is 34.7 Å². The summed E-state index contributed by atoms with van der Waals surface area (Å²) in [5.41, 5.74) is 6.29. The van der Waals surface area contributed by atoms with E-state index < -0.39 is 5.82 Å². The molecule has 0 saturated carbocycles. The van der Waals surface area contributed by atoms with Crippen molar-refractivity contribution in [2.45, 2.75) is 6.42 Å². The van der Waals surface area contributed by atoms with Crippen LogP contribution in [0.1, 0.15) is 15.9 Å². The number of nitrogens with two attached hydrogens (primary N) is 1. The van der Waals surface area contributed by atoms with Crippen LogP contribution < -0.4 is 5.73 Å². The third kappa shape index (κ3) is 3.06. The van der Waals surface area contributed by atoms with Crippen LogP contribution in [0, 0.1) is 5.82 Å². The Hall–Kier alpha value is -1.58. The molecule has 0 saturated heterocycles. The first-order chi connectivity index (χ1) is 8.99. The smallest absolute Gasteiger partial charge is 0.169 e. The lowest BCUT2D eigenvalue weighted by molar-refractivity contribution is 0.0993. The zero-order chi connectivity index (χ0) is 14.0. The Morgan fingerprint density at radius 1 is 1.16 bits per heavy atom. The number of benzene rings is 2. The van der Waals surface area contributed by atoms with Gasteiger partial charge in [-0.1, -0.05) is 35.3 Å². The fraction of sp³-hybridized carbons (Fsp3) is 0.0714. The van der Waals surface area contributed by atoms with Crippen molar-refractivity contribution in [3.05, 3.63) is 63.4 Å². The average Bonchev–Trinajstić information content (AvgIpc) is 2.37. The number of carbonyl (C=O) groups is 1. The van der Waals surface area contributed by atoms with Gasteiger partial charge in [-0.05, 0) is 29.8 Å². The van der Waals surface area contributed by atoms with Gasteiger partial charge in [0.1, 0.15) is 5.82 Å². The Morgan fingerprint density at radius 3 is 2.58 bits per heavy atom. The second kappa shape index (κ2) is 5.59. The Labute approximate surface area is 119 Å². The molecule has 0 spiro atoms. The zero-order valence-corrected chi connectivity index (χ0v) is 11.3. The molecule has 98 valence electrons. The first-order valence-electron chi connectivity index (χ1n) is 5.50. The minimum absolute atomic E-state index is 0.0878. The highest BCUT2D eigenvalue weighted by Gasteiger charge is 2.13. The van der Waals surface area contributed by atoms with E-state index in [1.54, 1.807) is 18.2 Å². The zero-order valence-electron chi connectivity index (χ0n) is 9.79. The molecule has 0 amide bonds. The summed E-state index contributed by atoms with van der Waals surface area (Å²) < 4.78 is 13.3. The Morgan fingerprint density at radius 2 is 1.89 bits per heavy atom. The second-order valence-corrected chi connectivity index (χ2v) is 4.86. The summed E-state index contributed by atoms with van der Waals surface area (Å²) in [6.45, 7) is 0. The minimum atomic E-state index is -0.597. The lowest BCUT2D eigenvalue weighted by Crippen LogP contribution is -2.08. The predicted octanol–water partition coefficient (Wildman–Crippen LogP) is 4.14. The Balaban J connectivity index is 2.26. The molecule has 0 radical (unpaired) electrons. The first kappa shape index (κ1) is 13.8. The van der Waals surface area contributed by atoms with Gasteiger partial charge in [0.05, 0.1) is 15.7 Å². The van der Waals surface area contributed by atoms with Gasteiger partial charge in [0.2, 0.25) is 0 Å². The van der Waals surface area contributed by atoms with Crippen LogP contribution in [-0.4, -0.2) is 5.78 Å². The highest BCUT2D eigenvalue weighted by atomic mass is 35.5. The predicted molar refractivity (Wildman–Crippen MR) is 75.3 cm³/mol. The van der Waals surface area contributed by atoms with Gasteiger partial charge in [-0.3, -0.25) is 4.79 Å². The molecule has 2 aromatic rings. The molecule has 2 nitrogen and oxygen atoms in total. The van der Waals surface area contributed by atoms with E-state index in [0.717, 1.165) is 0 Å². The maximum atomic E-state index is 13.3. The molecule has 0 aliphatic carbocycles. The van der Waals surface area contributed by atoms with Gasteiger partial charge in [0.25, 0.3) is 0 Å². The van der Waals surface area contributed by atoms with Gasteiger partial charge in [-0.15, -0.1) is 0 Å². The van der Waals surface area contributed by atoms with Crippen molar-refractivity contribution < 1.29 is 9.18 Å². The molecule has 0 atom stereocenters. The van der Waals surface area contributed by atoms with Crippen LogP contribution in [0.4, 0.5) is 10.1 Å². The largest absolute Gasteiger partial charge is 0.396 e. The van der Waals surface area contributed by atoms with E-state index >= 15 is 0 Å². The highest BCUT2D eigenvalue weighted by molar-refractivity contribution is 6.42. The number of hydrogen-bond acceptors (Lipinski definition) is 2. The van der Waals surface area contributed by atoms with Gasteiger partial charge in [0.15, 0.2) is 5.78 Å². The molecule has 0 heterocycles. The first-order valence-corrected chi connectivity index (χ1v) is 6.25. The quantitative estimate of drug-likeness (QED) is 0.683. The molecule has 0 unspecified atom stereocenters. The number of Topliss-reactive ketones (excluding diaryl/α,β-unsaturated/α-hetero) is 1. The van der Waals surface area contributed by atoms with E-state index in [-0.39, 0.29) is 23.5 Å². The third-order valence-corrected chi connectivity index (χ3v) is 3.44. The van der Waals surface area contributed by atoms with Crippen LogP contribution in [0.15, 0.2) is 36.4 Å². The molecular weight excluding hydrogens is 288 g/mol. The molecule has 2 rings (SSSR count). The summed E-state index contributed by atoms with van der Waals surface area (Å²) >= 11 is 11.7. The van der Waals surface area contributed by atoms with Crippen LogP contribution in [-0.2, 0) is 6.42 Å². The van der Waals surface area contributed by atoms with Crippen molar-refractivity contribution in [3.63, 3.8) is 0 Å². The molecule has 0 aromatic heterocycles. The lowest BCUT2D eigenvalue weighted by Gasteiger charge is -2.06. The minimum Gasteiger partial charge on any atom is -0.396 e. The van der Waals surface area contributed by atoms with Gasteiger partial charge in [-0.2, -0.15) is 0 Å². The van der Waals surface area contributed by atoms with Crippen molar-refractivity contribution in [2.24, 2.45) is 0 Å². The second-order valence-electron chi connectivity index (χ2n) is 4.05. The lowest BCUT2D eigenvalue weighted by atomic mass is 10.0. The fourth-order valence-electron chi connectivity index (χ4n) is 1.71. The van der Waals surface area contributed by atoms with Crippen molar-refractivity contribution in [2.75, 3.05) is 5.73 Å². The van der Waals surface area contributed by atoms with Crippen molar-refractivity contribution in [1.82, 2.24) is 0 Å². The summed E-state index contributed by atoms with van der Waals surface area (Å²) in [5.74, 6) is -0.865. The van der Waals surface area contributed by atoms with Crippen LogP contribution in [0.25, 0.3) is 0 Å². The maximum Gasteiger partial charge on any atom is 0.169 e. The monoisotopic (exact) mass is 297 g/mol. The molecule has 0 aliphatic heterocycles. The Kier molecular flexibility index (Phi) is 4.08. The summed E-state index contributed by atoms with van der Waals surface area (Å²) in [6, 6.07) is 9.08. The number of para-hydroxylation sites is 1. The SMILES string of the molecule is Nc1c(F)cccc1C(=O)Cc1ccc(Cl)c(Cl)c1. The topological polar surface area (TPSA) is 43.1 Å². The van der Waals surface area contributed by atoms with Gasteiger partial charge < -0.3 is 5.73 Å². The van der Waals surface area contributed by atoms with Crippen LogP contribution >= 0.6 is 23.2 Å². The van der Waals surface area contributed by atoms with Crippen LogP contribution in [0.3, 0.4) is 0 Å². The number of rotatable bonds is 3. The number of hydrogen-bond donors (Lipinski definition) is 1. The van der Waals surface area contributed by atoms with E-state index in [4.69, 9.17) is 28.9 Å². The van der Waals surface area contributed by atoms with Crippen molar-refractivity contribution in [3.8, 4) is 0 Å². The molecule has 0 fully saturated rings. The molecule has 0 aliphatic rings. The van der Waals surface area contributed by atoms with E-state index in [0.29, 0.717) is 15.6 Å². The van der Waals surface area contributed by atoms with E-state index in [1.165, 1.54) is 18.2 Å². The summed E-state index contributed by atoms with van der Waals surface area (Å²) in [5, 5.41) is 0.794. The molecule has 19 heavy (non-hydrogen) atoms. The van der Waals surface area contributed by atoms with Gasteiger partial charge >= 0.3 is 0 Å². The molecule has 2 N–H and O–H groups in total. The van der Waals surface area contributed by atoms with Crippen LogP contribution in [0.2, 0.25) is 10.0 Å². The number of ketones is 1. The number of nitrogen functional groups attached to an aromatic ring is 1. The fourth-order valence-corrected chi connectivity index (χ4v) is 2.03. The van der Waals surface area contributed by atoms with Crippen LogP contribution in [0.5, 0.6) is 0 Å². The summed E-state index contributed by atoms with van der Waals surface area (Å²) in [4.78, 5) is 12.1. The number of anilines is 1. The normalized spacial score (nSPS) is 10.5.